The number of ether oxygens (including phenoxy) is 1. The van der Waals surface area contributed by atoms with Gasteiger partial charge in [-0.3, -0.25) is 0 Å². The summed E-state index contributed by atoms with van der Waals surface area (Å²) in [6.07, 6.45) is 0. The molecule has 0 N–H and O–H groups in total. The van der Waals surface area contributed by atoms with Crippen LogP contribution in [0.1, 0.15) is 10.4 Å². The molecule has 116 valence electrons. The number of carbonyl (C=O) groups excluding carboxylic acids is 1. The van der Waals surface area contributed by atoms with Gasteiger partial charge in [-0.1, -0.05) is 15.9 Å². The van der Waals surface area contributed by atoms with Crippen LogP contribution in [0.4, 0.5) is 0 Å². The van der Waals surface area contributed by atoms with Crippen molar-refractivity contribution in [3.8, 4) is 5.75 Å². The minimum Gasteiger partial charge on any atom is -0.423 e. The van der Waals surface area contributed by atoms with Crippen LogP contribution in [0.2, 0.25) is 0 Å². The molecule has 0 aliphatic rings. The summed E-state index contributed by atoms with van der Waals surface area (Å²) in [4.78, 5) is 12.1. The number of hydrogen-bond donors (Lipinski definition) is 0. The molecule has 2 aromatic rings. The molecular weight excluding hydrogens is 370 g/mol. The smallest absolute Gasteiger partial charge is 0.343 e. The first kappa shape index (κ1) is 16.7. The lowest BCUT2D eigenvalue weighted by Gasteiger charge is -2.11. The van der Waals surface area contributed by atoms with Crippen LogP contribution in [0, 0.1) is 0 Å². The molecule has 0 heterocycles. The molecule has 7 heteroatoms. The molecule has 0 unspecified atom stereocenters. The van der Waals surface area contributed by atoms with Gasteiger partial charge in [-0.05, 0) is 48.5 Å². The van der Waals surface area contributed by atoms with Crippen molar-refractivity contribution in [2.45, 2.75) is 4.90 Å². The summed E-state index contributed by atoms with van der Waals surface area (Å²) >= 11 is 3.29. The lowest BCUT2D eigenvalue weighted by Crippen LogP contribution is -2.22. The van der Waals surface area contributed by atoms with Crippen molar-refractivity contribution in [1.29, 1.82) is 0 Å². The predicted octanol–water partition coefficient (Wildman–Crippen LogP) is 2.92. The van der Waals surface area contributed by atoms with E-state index >= 15 is 0 Å². The fourth-order valence-corrected chi connectivity index (χ4v) is 2.81. The van der Waals surface area contributed by atoms with E-state index in [0.717, 1.165) is 8.78 Å². The van der Waals surface area contributed by atoms with Crippen molar-refractivity contribution in [1.82, 2.24) is 4.31 Å². The van der Waals surface area contributed by atoms with Crippen LogP contribution in [0.3, 0.4) is 0 Å². The third-order valence-corrected chi connectivity index (χ3v) is 5.25. The van der Waals surface area contributed by atoms with E-state index in [0.29, 0.717) is 5.75 Å². The van der Waals surface area contributed by atoms with Gasteiger partial charge in [0.2, 0.25) is 10.0 Å². The molecule has 2 rings (SSSR count). The van der Waals surface area contributed by atoms with Gasteiger partial charge in [0, 0.05) is 18.6 Å². The fraction of sp³-hybridized carbons (Fsp3) is 0.133. The molecule has 5 nitrogen and oxygen atoms in total. The Kier molecular flexibility index (Phi) is 5.00. The van der Waals surface area contributed by atoms with Crippen molar-refractivity contribution in [2.75, 3.05) is 14.1 Å². The highest BCUT2D eigenvalue weighted by Crippen LogP contribution is 2.18. The monoisotopic (exact) mass is 383 g/mol. The molecule has 0 bridgehead atoms. The highest BCUT2D eigenvalue weighted by atomic mass is 79.9. The van der Waals surface area contributed by atoms with Crippen LogP contribution < -0.4 is 4.74 Å². The normalized spacial score (nSPS) is 11.5. The number of hydrogen-bond acceptors (Lipinski definition) is 4. The van der Waals surface area contributed by atoms with Gasteiger partial charge in [-0.15, -0.1) is 0 Å². The summed E-state index contributed by atoms with van der Waals surface area (Å²) in [5.41, 5.74) is 0.278. The summed E-state index contributed by atoms with van der Waals surface area (Å²) in [5.74, 6) is -0.130. The first-order valence-electron chi connectivity index (χ1n) is 6.31. The second-order valence-corrected chi connectivity index (χ2v) is 7.72. The largest absolute Gasteiger partial charge is 0.423 e. The second kappa shape index (κ2) is 6.60. The lowest BCUT2D eigenvalue weighted by atomic mass is 10.2. The van der Waals surface area contributed by atoms with Crippen molar-refractivity contribution in [3.05, 3.63) is 58.6 Å². The molecular formula is C15H14BrNO4S. The molecule has 0 radical (unpaired) electrons. The van der Waals surface area contributed by atoms with E-state index in [1.165, 1.54) is 38.4 Å². The van der Waals surface area contributed by atoms with Crippen LogP contribution in [0.25, 0.3) is 0 Å². The summed E-state index contributed by atoms with van der Waals surface area (Å²) in [6.45, 7) is 0. The predicted molar refractivity (Wildman–Crippen MR) is 86.4 cm³/mol. The van der Waals surface area contributed by atoms with E-state index in [4.69, 9.17) is 4.74 Å². The van der Waals surface area contributed by atoms with E-state index in [-0.39, 0.29) is 10.5 Å². The van der Waals surface area contributed by atoms with Crippen molar-refractivity contribution < 1.29 is 17.9 Å². The van der Waals surface area contributed by atoms with E-state index < -0.39 is 16.0 Å². The summed E-state index contributed by atoms with van der Waals surface area (Å²) in [7, 11) is -0.608. The average Bonchev–Trinajstić information content (AvgIpc) is 2.49. The Morgan fingerprint density at radius 2 is 1.55 bits per heavy atom. The number of nitrogens with zero attached hydrogens (tertiary/aromatic N) is 1. The molecule has 0 aliphatic carbocycles. The number of sulfonamides is 1. The van der Waals surface area contributed by atoms with Crippen LogP contribution in [0.15, 0.2) is 57.9 Å². The number of esters is 1. The van der Waals surface area contributed by atoms with Crippen molar-refractivity contribution in [2.24, 2.45) is 0 Å². The SMILES string of the molecule is CN(C)S(=O)(=O)c1ccc(C(=O)Oc2ccc(Br)cc2)cc1. The maximum absolute atomic E-state index is 12.0. The molecule has 0 atom stereocenters. The zero-order valence-corrected chi connectivity index (χ0v) is 14.4. The Bertz CT molecular complexity index is 768. The molecule has 0 amide bonds. The molecule has 22 heavy (non-hydrogen) atoms. The molecule has 0 aromatic heterocycles. The van der Waals surface area contributed by atoms with Gasteiger partial charge >= 0.3 is 5.97 Å². The standard InChI is InChI=1S/C15H14BrNO4S/c1-17(2)22(19,20)14-9-3-11(4-10-14)15(18)21-13-7-5-12(16)6-8-13/h3-10H,1-2H3. The van der Waals surface area contributed by atoms with Gasteiger partial charge in [0.1, 0.15) is 5.75 Å². The topological polar surface area (TPSA) is 63.7 Å². The summed E-state index contributed by atoms with van der Waals surface area (Å²) < 4.78 is 31.1. The molecule has 2 aromatic carbocycles. The van der Waals surface area contributed by atoms with Gasteiger partial charge in [0.25, 0.3) is 0 Å². The highest BCUT2D eigenvalue weighted by molar-refractivity contribution is 9.10. The lowest BCUT2D eigenvalue weighted by molar-refractivity contribution is 0.0734. The number of halogens is 1. The number of benzene rings is 2. The van der Waals surface area contributed by atoms with Gasteiger partial charge < -0.3 is 4.74 Å². The molecule has 0 saturated carbocycles. The van der Waals surface area contributed by atoms with Crippen LogP contribution in [0.5, 0.6) is 5.75 Å². The molecule has 0 saturated heterocycles. The van der Waals surface area contributed by atoms with E-state index in [2.05, 4.69) is 15.9 Å². The summed E-state index contributed by atoms with van der Waals surface area (Å²) in [5, 5.41) is 0. The van der Waals surface area contributed by atoms with Gasteiger partial charge in [-0.2, -0.15) is 0 Å². The Morgan fingerprint density at radius 1 is 1.00 bits per heavy atom. The maximum Gasteiger partial charge on any atom is 0.343 e. The third kappa shape index (κ3) is 3.73. The van der Waals surface area contributed by atoms with E-state index in [1.807, 2.05) is 0 Å². The van der Waals surface area contributed by atoms with Crippen LogP contribution in [-0.2, 0) is 10.0 Å². The Hall–Kier alpha value is -1.70. The third-order valence-electron chi connectivity index (χ3n) is 2.89. The van der Waals surface area contributed by atoms with Gasteiger partial charge in [-0.25, -0.2) is 17.5 Å². The minimum absolute atomic E-state index is 0.123. The Balaban J connectivity index is 2.16. The first-order chi connectivity index (χ1) is 10.3. The zero-order valence-electron chi connectivity index (χ0n) is 12.0. The minimum atomic E-state index is -3.51. The molecule has 0 spiro atoms. The van der Waals surface area contributed by atoms with Crippen molar-refractivity contribution >= 4 is 31.9 Å². The fourth-order valence-electron chi connectivity index (χ4n) is 1.64. The first-order valence-corrected chi connectivity index (χ1v) is 8.54. The van der Waals surface area contributed by atoms with Crippen molar-refractivity contribution in [3.63, 3.8) is 0 Å². The van der Waals surface area contributed by atoms with Crippen LogP contribution in [-0.4, -0.2) is 32.8 Å². The molecule has 0 aliphatic heterocycles. The second-order valence-electron chi connectivity index (χ2n) is 4.66. The Morgan fingerprint density at radius 3 is 2.05 bits per heavy atom. The quantitative estimate of drug-likeness (QED) is 0.601. The molecule has 0 fully saturated rings. The van der Waals surface area contributed by atoms with Gasteiger partial charge in [0.15, 0.2) is 0 Å². The zero-order chi connectivity index (χ0) is 16.3. The highest BCUT2D eigenvalue weighted by Gasteiger charge is 2.18. The Labute approximate surface area is 137 Å². The van der Waals surface area contributed by atoms with E-state index in [1.54, 1.807) is 24.3 Å². The van der Waals surface area contributed by atoms with E-state index in [9.17, 15) is 13.2 Å². The summed E-state index contributed by atoms with van der Waals surface area (Å²) in [6, 6.07) is 12.5. The van der Waals surface area contributed by atoms with Gasteiger partial charge in [0.05, 0.1) is 10.5 Å². The number of carbonyl (C=O) groups is 1. The number of rotatable bonds is 4. The van der Waals surface area contributed by atoms with Crippen LogP contribution >= 0.6 is 15.9 Å². The maximum atomic E-state index is 12.0. The average molecular weight is 384 g/mol.